The molecule has 0 heterocycles. The lowest BCUT2D eigenvalue weighted by atomic mass is 9.84. The highest BCUT2D eigenvalue weighted by Gasteiger charge is 2.28. The third kappa shape index (κ3) is 3.21. The molecule has 0 spiro atoms. The van der Waals surface area contributed by atoms with Crippen molar-refractivity contribution in [3.8, 4) is 23.0 Å². The molecule has 0 saturated heterocycles. The predicted molar refractivity (Wildman–Crippen MR) is 90.2 cm³/mol. The topological polar surface area (TPSA) is 156 Å². The molecule has 0 unspecified atom stereocenters. The standard InChI is InChI=1S/C18H18O8/c1-2-3-8(9-4-6-11(19)13(15(9)21)17(23)24)10-5-7-12(20)14(16(10)22)18(25)26/h4-8,19-22H,2-3H2,1H3,(H,23,24)(H,25,26). The number of aromatic carboxylic acids is 2. The Hall–Kier alpha value is -3.42. The lowest BCUT2D eigenvalue weighted by Crippen LogP contribution is -2.08. The maximum atomic E-state index is 11.3. The van der Waals surface area contributed by atoms with Gasteiger partial charge in [0.25, 0.3) is 0 Å². The van der Waals surface area contributed by atoms with Crippen molar-refractivity contribution in [3.63, 3.8) is 0 Å². The maximum absolute atomic E-state index is 11.3. The van der Waals surface area contributed by atoms with Gasteiger partial charge in [-0.2, -0.15) is 0 Å². The Morgan fingerprint density at radius 1 is 0.808 bits per heavy atom. The van der Waals surface area contributed by atoms with Crippen molar-refractivity contribution in [1.82, 2.24) is 0 Å². The Morgan fingerprint density at radius 3 is 1.50 bits per heavy atom. The first-order chi connectivity index (χ1) is 12.2. The molecule has 8 nitrogen and oxygen atoms in total. The summed E-state index contributed by atoms with van der Waals surface area (Å²) in [7, 11) is 0. The Balaban J connectivity index is 2.73. The number of carboxylic acid groups (broad SMARTS) is 2. The van der Waals surface area contributed by atoms with Gasteiger partial charge in [-0.05, 0) is 18.6 Å². The van der Waals surface area contributed by atoms with E-state index in [-0.39, 0.29) is 11.1 Å². The third-order valence-electron chi connectivity index (χ3n) is 4.13. The van der Waals surface area contributed by atoms with Crippen LogP contribution in [0.5, 0.6) is 23.0 Å². The van der Waals surface area contributed by atoms with E-state index in [1.807, 2.05) is 6.92 Å². The van der Waals surface area contributed by atoms with Gasteiger partial charge in [-0.25, -0.2) is 9.59 Å². The van der Waals surface area contributed by atoms with Crippen LogP contribution in [-0.4, -0.2) is 42.6 Å². The van der Waals surface area contributed by atoms with Crippen LogP contribution in [-0.2, 0) is 0 Å². The SMILES string of the molecule is CCCC(c1ccc(O)c(C(=O)O)c1O)c1ccc(O)c(C(=O)O)c1O. The first-order valence-corrected chi connectivity index (χ1v) is 7.76. The van der Waals surface area contributed by atoms with E-state index < -0.39 is 52.0 Å². The van der Waals surface area contributed by atoms with Gasteiger partial charge in [0, 0.05) is 17.0 Å². The molecular formula is C18H18O8. The number of carboxylic acids is 2. The molecule has 0 fully saturated rings. The fourth-order valence-electron chi connectivity index (χ4n) is 2.94. The molecule has 0 radical (unpaired) electrons. The molecule has 0 bridgehead atoms. The smallest absolute Gasteiger partial charge is 0.343 e. The molecule has 2 aromatic carbocycles. The molecule has 138 valence electrons. The van der Waals surface area contributed by atoms with Gasteiger partial charge in [-0.15, -0.1) is 0 Å². The molecule has 0 aromatic heterocycles. The van der Waals surface area contributed by atoms with Crippen LogP contribution in [0.2, 0.25) is 0 Å². The molecule has 0 saturated carbocycles. The summed E-state index contributed by atoms with van der Waals surface area (Å²) in [5.41, 5.74) is -1.14. The molecule has 0 atom stereocenters. The van der Waals surface area contributed by atoms with Gasteiger partial charge in [0.05, 0.1) is 0 Å². The largest absolute Gasteiger partial charge is 0.507 e. The van der Waals surface area contributed by atoms with E-state index in [0.29, 0.717) is 12.8 Å². The molecule has 26 heavy (non-hydrogen) atoms. The van der Waals surface area contributed by atoms with Gasteiger partial charge in [0.2, 0.25) is 0 Å². The van der Waals surface area contributed by atoms with Gasteiger partial charge < -0.3 is 30.6 Å². The van der Waals surface area contributed by atoms with Crippen molar-refractivity contribution >= 4 is 11.9 Å². The molecule has 6 N–H and O–H groups in total. The van der Waals surface area contributed by atoms with Crippen LogP contribution >= 0.6 is 0 Å². The fourth-order valence-corrected chi connectivity index (χ4v) is 2.94. The quantitative estimate of drug-likeness (QED) is 0.458. The van der Waals surface area contributed by atoms with E-state index in [0.717, 1.165) is 12.1 Å². The van der Waals surface area contributed by atoms with Crippen molar-refractivity contribution in [2.24, 2.45) is 0 Å². The summed E-state index contributed by atoms with van der Waals surface area (Å²) in [6.45, 7) is 1.82. The summed E-state index contributed by atoms with van der Waals surface area (Å²) >= 11 is 0. The summed E-state index contributed by atoms with van der Waals surface area (Å²) in [5, 5.41) is 58.4. The molecule has 0 aliphatic carbocycles. The van der Waals surface area contributed by atoms with E-state index in [2.05, 4.69) is 0 Å². The van der Waals surface area contributed by atoms with Gasteiger partial charge in [0.15, 0.2) is 0 Å². The van der Waals surface area contributed by atoms with E-state index in [4.69, 9.17) is 0 Å². The highest BCUT2D eigenvalue weighted by atomic mass is 16.4. The summed E-state index contributed by atoms with van der Waals surface area (Å²) in [4.78, 5) is 22.6. The zero-order chi connectivity index (χ0) is 19.6. The first-order valence-electron chi connectivity index (χ1n) is 7.76. The number of hydrogen-bond donors (Lipinski definition) is 6. The maximum Gasteiger partial charge on any atom is 0.343 e. The minimum atomic E-state index is -1.53. The van der Waals surface area contributed by atoms with Gasteiger partial charge >= 0.3 is 11.9 Å². The number of hydrogen-bond acceptors (Lipinski definition) is 6. The normalized spacial score (nSPS) is 10.8. The monoisotopic (exact) mass is 362 g/mol. The van der Waals surface area contributed by atoms with E-state index in [1.54, 1.807) is 0 Å². The summed E-state index contributed by atoms with van der Waals surface area (Å²) in [5.74, 6) is -6.38. The Kier molecular flexibility index (Phi) is 5.25. The second-order valence-electron chi connectivity index (χ2n) is 5.75. The molecule has 2 rings (SSSR count). The van der Waals surface area contributed by atoms with E-state index in [1.165, 1.54) is 12.1 Å². The Morgan fingerprint density at radius 2 is 1.19 bits per heavy atom. The third-order valence-corrected chi connectivity index (χ3v) is 4.13. The van der Waals surface area contributed by atoms with Crippen LogP contribution in [0, 0.1) is 0 Å². The summed E-state index contributed by atoms with van der Waals surface area (Å²) in [6, 6.07) is 4.84. The van der Waals surface area contributed by atoms with Crippen LogP contribution in [0.15, 0.2) is 24.3 Å². The van der Waals surface area contributed by atoms with Gasteiger partial charge in [-0.1, -0.05) is 25.5 Å². The van der Waals surface area contributed by atoms with E-state index in [9.17, 15) is 40.2 Å². The molecule has 0 aliphatic rings. The van der Waals surface area contributed by atoms with Crippen LogP contribution in [0.4, 0.5) is 0 Å². The summed E-state index contributed by atoms with van der Waals surface area (Å²) < 4.78 is 0. The lowest BCUT2D eigenvalue weighted by molar-refractivity contribution is 0.0678. The Bertz CT molecular complexity index is 802. The average molecular weight is 362 g/mol. The number of rotatable bonds is 6. The molecule has 8 heteroatoms. The highest BCUT2D eigenvalue weighted by Crippen LogP contribution is 2.44. The van der Waals surface area contributed by atoms with Crippen LogP contribution in [0.1, 0.15) is 57.5 Å². The predicted octanol–water partition coefficient (Wildman–Crippen LogP) is 2.84. The van der Waals surface area contributed by atoms with Crippen molar-refractivity contribution in [1.29, 1.82) is 0 Å². The van der Waals surface area contributed by atoms with Gasteiger partial charge in [-0.3, -0.25) is 0 Å². The fraction of sp³-hybridized carbons (Fsp3) is 0.222. The molecule has 2 aromatic rings. The number of benzene rings is 2. The van der Waals surface area contributed by atoms with Crippen LogP contribution in [0.3, 0.4) is 0 Å². The average Bonchev–Trinajstić information content (AvgIpc) is 2.53. The van der Waals surface area contributed by atoms with Gasteiger partial charge in [0.1, 0.15) is 34.1 Å². The van der Waals surface area contributed by atoms with Crippen molar-refractivity contribution in [2.45, 2.75) is 25.7 Å². The minimum Gasteiger partial charge on any atom is -0.507 e. The number of phenols is 4. The summed E-state index contributed by atoms with van der Waals surface area (Å²) in [6.07, 6.45) is 0.908. The zero-order valence-corrected chi connectivity index (χ0v) is 13.8. The minimum absolute atomic E-state index is 0.111. The number of carbonyl (C=O) groups is 2. The van der Waals surface area contributed by atoms with E-state index >= 15 is 0 Å². The lowest BCUT2D eigenvalue weighted by Gasteiger charge is -2.21. The van der Waals surface area contributed by atoms with Crippen molar-refractivity contribution in [2.75, 3.05) is 0 Å². The van der Waals surface area contributed by atoms with Crippen molar-refractivity contribution in [3.05, 3.63) is 46.5 Å². The van der Waals surface area contributed by atoms with Crippen LogP contribution in [0.25, 0.3) is 0 Å². The molecular weight excluding hydrogens is 344 g/mol. The zero-order valence-electron chi connectivity index (χ0n) is 13.8. The molecule has 0 aliphatic heterocycles. The molecule has 0 amide bonds. The second-order valence-corrected chi connectivity index (χ2v) is 5.75. The first kappa shape index (κ1) is 18.9. The Labute approximate surface area is 148 Å². The van der Waals surface area contributed by atoms with Crippen molar-refractivity contribution < 1.29 is 40.2 Å². The van der Waals surface area contributed by atoms with Crippen LogP contribution < -0.4 is 0 Å². The second kappa shape index (κ2) is 7.22. The highest BCUT2D eigenvalue weighted by molar-refractivity contribution is 5.95. The number of aromatic hydroxyl groups is 4.